The fourth-order valence-electron chi connectivity index (χ4n) is 3.13. The first-order valence-corrected chi connectivity index (χ1v) is 9.01. The Labute approximate surface area is 158 Å². The van der Waals surface area contributed by atoms with Crippen molar-refractivity contribution in [1.29, 1.82) is 0 Å². The van der Waals surface area contributed by atoms with Gasteiger partial charge in [0.25, 0.3) is 0 Å². The number of benzene rings is 2. The lowest BCUT2D eigenvalue weighted by Gasteiger charge is -2.29. The van der Waals surface area contributed by atoms with Gasteiger partial charge in [0, 0.05) is 48.4 Å². The summed E-state index contributed by atoms with van der Waals surface area (Å²) < 4.78 is 5.36. The van der Waals surface area contributed by atoms with Crippen LogP contribution in [0.2, 0.25) is 0 Å². The van der Waals surface area contributed by atoms with Gasteiger partial charge in [-0.05, 0) is 50.6 Å². The Morgan fingerprint density at radius 1 is 1.11 bits per heavy atom. The summed E-state index contributed by atoms with van der Waals surface area (Å²) in [6.45, 7) is 8.35. The molecule has 0 radical (unpaired) electrons. The van der Waals surface area contributed by atoms with Gasteiger partial charge in [-0.2, -0.15) is 0 Å². The van der Waals surface area contributed by atoms with Crippen LogP contribution in [0.15, 0.2) is 57.7 Å². The van der Waals surface area contributed by atoms with Crippen LogP contribution in [0.3, 0.4) is 0 Å². The van der Waals surface area contributed by atoms with Crippen molar-refractivity contribution in [3.8, 4) is 0 Å². The Kier molecular flexibility index (Phi) is 5.31. The molecule has 3 rings (SSSR count). The standard InChI is InChI=1S/C22H24N2O3/c1-14(2)24(19-8-5-15(3)6-9-19)13-17-11-22(26)27-21-12-18(23-16(4)25)7-10-20(17)21/h5-12,14H,13H2,1-4H3,(H,23,25). The van der Waals surface area contributed by atoms with Crippen molar-refractivity contribution in [1.82, 2.24) is 0 Å². The average Bonchev–Trinajstić information content (AvgIpc) is 2.59. The summed E-state index contributed by atoms with van der Waals surface area (Å²) in [6, 6.07) is 15.6. The van der Waals surface area contributed by atoms with Gasteiger partial charge < -0.3 is 14.6 Å². The number of rotatable bonds is 5. The third-order valence-electron chi connectivity index (χ3n) is 4.48. The normalized spacial score (nSPS) is 11.0. The lowest BCUT2D eigenvalue weighted by Crippen LogP contribution is -2.30. The first-order valence-electron chi connectivity index (χ1n) is 9.01. The van der Waals surface area contributed by atoms with Crippen LogP contribution in [-0.4, -0.2) is 11.9 Å². The number of anilines is 2. The number of carbonyl (C=O) groups excluding carboxylic acids is 1. The number of carbonyl (C=O) groups is 1. The molecule has 1 amide bonds. The molecule has 140 valence electrons. The molecule has 0 aliphatic rings. The fourth-order valence-corrected chi connectivity index (χ4v) is 3.13. The molecule has 0 saturated heterocycles. The molecule has 0 atom stereocenters. The number of hydrogen-bond acceptors (Lipinski definition) is 4. The Hall–Kier alpha value is -3.08. The fraction of sp³-hybridized carbons (Fsp3) is 0.273. The van der Waals surface area contributed by atoms with E-state index in [4.69, 9.17) is 4.42 Å². The van der Waals surface area contributed by atoms with E-state index in [2.05, 4.69) is 55.3 Å². The summed E-state index contributed by atoms with van der Waals surface area (Å²) in [7, 11) is 0. The third kappa shape index (κ3) is 4.37. The molecule has 2 aromatic carbocycles. The molecule has 5 heteroatoms. The maximum absolute atomic E-state index is 12.1. The van der Waals surface area contributed by atoms with Crippen molar-refractivity contribution < 1.29 is 9.21 Å². The molecule has 27 heavy (non-hydrogen) atoms. The van der Waals surface area contributed by atoms with Crippen molar-refractivity contribution in [3.05, 3.63) is 70.1 Å². The van der Waals surface area contributed by atoms with E-state index in [1.54, 1.807) is 12.1 Å². The predicted molar refractivity (Wildman–Crippen MR) is 109 cm³/mol. The van der Waals surface area contributed by atoms with Crippen molar-refractivity contribution in [2.75, 3.05) is 10.2 Å². The van der Waals surface area contributed by atoms with Crippen LogP contribution in [0.5, 0.6) is 0 Å². The number of nitrogens with zero attached hydrogens (tertiary/aromatic N) is 1. The first-order chi connectivity index (χ1) is 12.8. The minimum absolute atomic E-state index is 0.168. The van der Waals surface area contributed by atoms with Gasteiger partial charge in [-0.25, -0.2) is 4.79 Å². The minimum atomic E-state index is -0.398. The first kappa shape index (κ1) is 18.7. The van der Waals surface area contributed by atoms with E-state index in [-0.39, 0.29) is 11.9 Å². The number of nitrogens with one attached hydrogen (secondary N) is 1. The number of aryl methyl sites for hydroxylation is 1. The molecule has 5 nitrogen and oxygen atoms in total. The SMILES string of the molecule is CC(=O)Nc1ccc2c(CN(c3ccc(C)cc3)C(C)C)cc(=O)oc2c1. The van der Waals surface area contributed by atoms with Gasteiger partial charge in [0.2, 0.25) is 5.91 Å². The lowest BCUT2D eigenvalue weighted by molar-refractivity contribution is -0.114. The third-order valence-corrected chi connectivity index (χ3v) is 4.48. The topological polar surface area (TPSA) is 62.6 Å². The van der Waals surface area contributed by atoms with E-state index in [9.17, 15) is 9.59 Å². The molecule has 3 aromatic rings. The van der Waals surface area contributed by atoms with Crippen LogP contribution in [0.1, 0.15) is 31.9 Å². The summed E-state index contributed by atoms with van der Waals surface area (Å²) in [5.41, 5.74) is 3.88. The van der Waals surface area contributed by atoms with Crippen LogP contribution < -0.4 is 15.8 Å². The highest BCUT2D eigenvalue weighted by atomic mass is 16.4. The smallest absolute Gasteiger partial charge is 0.336 e. The molecule has 1 heterocycles. The molecule has 0 spiro atoms. The maximum Gasteiger partial charge on any atom is 0.336 e. The number of hydrogen-bond donors (Lipinski definition) is 1. The van der Waals surface area contributed by atoms with Gasteiger partial charge in [-0.15, -0.1) is 0 Å². The highest BCUT2D eigenvalue weighted by Crippen LogP contribution is 2.26. The largest absolute Gasteiger partial charge is 0.423 e. The number of fused-ring (bicyclic) bond motifs is 1. The van der Waals surface area contributed by atoms with E-state index >= 15 is 0 Å². The highest BCUT2D eigenvalue weighted by molar-refractivity contribution is 5.92. The highest BCUT2D eigenvalue weighted by Gasteiger charge is 2.15. The second-order valence-corrected chi connectivity index (χ2v) is 7.04. The van der Waals surface area contributed by atoms with Gasteiger partial charge in [-0.1, -0.05) is 17.7 Å². The van der Waals surface area contributed by atoms with Crippen LogP contribution in [0.4, 0.5) is 11.4 Å². The van der Waals surface area contributed by atoms with Crippen molar-refractivity contribution >= 4 is 28.3 Å². The Bertz CT molecular complexity index is 1020. The lowest BCUT2D eigenvalue weighted by atomic mass is 10.1. The van der Waals surface area contributed by atoms with Crippen LogP contribution >= 0.6 is 0 Å². The predicted octanol–water partition coefficient (Wildman–Crippen LogP) is 4.47. The molecule has 0 aliphatic heterocycles. The Morgan fingerprint density at radius 2 is 1.81 bits per heavy atom. The van der Waals surface area contributed by atoms with Gasteiger partial charge >= 0.3 is 5.63 Å². The summed E-state index contributed by atoms with van der Waals surface area (Å²) in [5, 5.41) is 3.58. The minimum Gasteiger partial charge on any atom is -0.423 e. The molecule has 0 unspecified atom stereocenters. The van der Waals surface area contributed by atoms with E-state index in [0.717, 1.165) is 16.6 Å². The van der Waals surface area contributed by atoms with Crippen LogP contribution in [0, 0.1) is 6.92 Å². The molecular formula is C22H24N2O3. The second-order valence-electron chi connectivity index (χ2n) is 7.04. The van der Waals surface area contributed by atoms with E-state index < -0.39 is 5.63 Å². The Balaban J connectivity index is 2.02. The summed E-state index contributed by atoms with van der Waals surface area (Å²) >= 11 is 0. The van der Waals surface area contributed by atoms with E-state index in [1.165, 1.54) is 12.5 Å². The van der Waals surface area contributed by atoms with Crippen molar-refractivity contribution in [3.63, 3.8) is 0 Å². The molecular weight excluding hydrogens is 340 g/mol. The summed E-state index contributed by atoms with van der Waals surface area (Å²) in [5.74, 6) is -0.168. The van der Waals surface area contributed by atoms with Gasteiger partial charge in [0.05, 0.1) is 0 Å². The van der Waals surface area contributed by atoms with Crippen LogP contribution in [0.25, 0.3) is 11.0 Å². The summed E-state index contributed by atoms with van der Waals surface area (Å²) in [4.78, 5) is 25.6. The second kappa shape index (κ2) is 7.66. The van der Waals surface area contributed by atoms with E-state index in [1.807, 2.05) is 12.1 Å². The zero-order chi connectivity index (χ0) is 19.6. The summed E-state index contributed by atoms with van der Waals surface area (Å²) in [6.07, 6.45) is 0. The van der Waals surface area contributed by atoms with Gasteiger partial charge in [-0.3, -0.25) is 4.79 Å². The molecule has 1 aromatic heterocycles. The van der Waals surface area contributed by atoms with Crippen molar-refractivity contribution in [2.45, 2.75) is 40.3 Å². The van der Waals surface area contributed by atoms with Gasteiger partial charge in [0.15, 0.2) is 0 Å². The molecule has 0 bridgehead atoms. The van der Waals surface area contributed by atoms with Crippen molar-refractivity contribution in [2.24, 2.45) is 0 Å². The molecule has 0 fully saturated rings. The molecule has 0 aliphatic carbocycles. The number of amides is 1. The molecule has 1 N–H and O–H groups in total. The average molecular weight is 364 g/mol. The molecule has 0 saturated carbocycles. The van der Waals surface area contributed by atoms with Gasteiger partial charge in [0.1, 0.15) is 5.58 Å². The zero-order valence-corrected chi connectivity index (χ0v) is 16.1. The maximum atomic E-state index is 12.1. The van der Waals surface area contributed by atoms with E-state index in [0.29, 0.717) is 17.8 Å². The monoisotopic (exact) mass is 364 g/mol. The zero-order valence-electron chi connectivity index (χ0n) is 16.1. The quantitative estimate of drug-likeness (QED) is 0.678. The Morgan fingerprint density at radius 3 is 2.44 bits per heavy atom. The van der Waals surface area contributed by atoms with Crippen LogP contribution in [-0.2, 0) is 11.3 Å².